The van der Waals surface area contributed by atoms with Crippen LogP contribution < -0.4 is 0 Å². The second-order valence-electron chi connectivity index (χ2n) is 6.43. The largest absolute Gasteiger partial charge is 0.468 e. The van der Waals surface area contributed by atoms with E-state index in [0.717, 1.165) is 15.7 Å². The molecule has 0 bridgehead atoms. The van der Waals surface area contributed by atoms with Gasteiger partial charge in [0.1, 0.15) is 5.76 Å². The second kappa shape index (κ2) is 7.54. The van der Waals surface area contributed by atoms with Crippen LogP contribution in [0.15, 0.2) is 64.1 Å². The Hall–Kier alpha value is -2.64. The molecule has 6 nitrogen and oxygen atoms in total. The summed E-state index contributed by atoms with van der Waals surface area (Å²) in [5.41, 5.74) is 2.29. The van der Waals surface area contributed by atoms with Crippen molar-refractivity contribution in [3.63, 3.8) is 0 Å². The molecular formula is C20H22N2O4S. The molecule has 0 saturated carbocycles. The van der Waals surface area contributed by atoms with Crippen LogP contribution in [0.5, 0.6) is 0 Å². The highest BCUT2D eigenvalue weighted by Gasteiger charge is 2.29. The number of carbonyl (C=O) groups excluding carboxylic acids is 1. The number of aromatic nitrogens is 1. The summed E-state index contributed by atoms with van der Waals surface area (Å²) in [6.07, 6.45) is 1.48. The second-order valence-corrected chi connectivity index (χ2v) is 8.37. The molecule has 2 aromatic heterocycles. The Bertz CT molecular complexity index is 1040. The lowest BCUT2D eigenvalue weighted by atomic mass is 10.1. The number of nitrogens with zero attached hydrogens (tertiary/aromatic N) is 2. The third-order valence-corrected chi connectivity index (χ3v) is 6.49. The lowest BCUT2D eigenvalue weighted by molar-refractivity contribution is 0.0962. The highest BCUT2D eigenvalue weighted by molar-refractivity contribution is 7.89. The minimum absolute atomic E-state index is 0.0131. The molecule has 0 fully saturated rings. The summed E-state index contributed by atoms with van der Waals surface area (Å²) >= 11 is 0. The van der Waals surface area contributed by atoms with Gasteiger partial charge in [0.05, 0.1) is 24.2 Å². The fraction of sp³-hybridized carbons (Fsp3) is 0.250. The van der Waals surface area contributed by atoms with Crippen molar-refractivity contribution in [2.24, 2.45) is 7.05 Å². The van der Waals surface area contributed by atoms with Crippen LogP contribution in [0, 0.1) is 13.8 Å². The fourth-order valence-electron chi connectivity index (χ4n) is 2.93. The molecule has 3 rings (SSSR count). The van der Waals surface area contributed by atoms with E-state index in [1.807, 2.05) is 25.5 Å². The summed E-state index contributed by atoms with van der Waals surface area (Å²) in [5, 5.41) is 0. The van der Waals surface area contributed by atoms with Gasteiger partial charge in [0.15, 0.2) is 5.78 Å². The van der Waals surface area contributed by atoms with Crippen molar-refractivity contribution in [2.45, 2.75) is 25.3 Å². The molecule has 0 aliphatic rings. The van der Waals surface area contributed by atoms with Crippen molar-refractivity contribution in [3.8, 4) is 0 Å². The molecule has 27 heavy (non-hydrogen) atoms. The first-order chi connectivity index (χ1) is 12.8. The number of furan rings is 1. The Labute approximate surface area is 159 Å². The molecule has 0 atom stereocenters. The molecule has 2 heterocycles. The van der Waals surface area contributed by atoms with Gasteiger partial charge in [0.2, 0.25) is 10.0 Å². The zero-order valence-corrected chi connectivity index (χ0v) is 16.4. The van der Waals surface area contributed by atoms with Crippen molar-refractivity contribution in [1.82, 2.24) is 8.87 Å². The Morgan fingerprint density at radius 1 is 1.11 bits per heavy atom. The molecule has 0 N–H and O–H groups in total. The number of benzene rings is 1. The Balaban J connectivity index is 1.95. The van der Waals surface area contributed by atoms with E-state index in [-0.39, 0.29) is 23.8 Å². The van der Waals surface area contributed by atoms with Gasteiger partial charge in [-0.2, -0.15) is 4.31 Å². The number of rotatable bonds is 7. The van der Waals surface area contributed by atoms with E-state index >= 15 is 0 Å². The average molecular weight is 386 g/mol. The number of aryl methyl sites for hydroxylation is 1. The van der Waals surface area contributed by atoms with E-state index in [2.05, 4.69) is 0 Å². The number of carbonyl (C=O) groups is 1. The zero-order chi connectivity index (χ0) is 19.6. The summed E-state index contributed by atoms with van der Waals surface area (Å²) in [6, 6.07) is 13.3. The van der Waals surface area contributed by atoms with Gasteiger partial charge in [-0.15, -0.1) is 0 Å². The SMILES string of the molecule is Cc1cc(C(=O)CN(Cc2ccco2)S(=O)(=O)c2ccccc2)c(C)n1C. The van der Waals surface area contributed by atoms with Crippen LogP contribution in [-0.4, -0.2) is 29.6 Å². The molecular weight excluding hydrogens is 364 g/mol. The monoisotopic (exact) mass is 386 g/mol. The Morgan fingerprint density at radius 3 is 2.37 bits per heavy atom. The van der Waals surface area contributed by atoms with Gasteiger partial charge >= 0.3 is 0 Å². The molecule has 142 valence electrons. The highest BCUT2D eigenvalue weighted by atomic mass is 32.2. The van der Waals surface area contributed by atoms with Crippen LogP contribution in [-0.2, 0) is 23.6 Å². The van der Waals surface area contributed by atoms with Crippen LogP contribution in [0.1, 0.15) is 27.5 Å². The predicted octanol–water partition coefficient (Wildman–Crippen LogP) is 3.31. The molecule has 0 amide bonds. The smallest absolute Gasteiger partial charge is 0.243 e. The molecule has 0 aliphatic heterocycles. The first kappa shape index (κ1) is 19.1. The maximum absolute atomic E-state index is 13.1. The molecule has 3 aromatic rings. The van der Waals surface area contributed by atoms with Gasteiger partial charge in [0.25, 0.3) is 0 Å². The van der Waals surface area contributed by atoms with Crippen molar-refractivity contribution in [3.05, 3.63) is 77.5 Å². The van der Waals surface area contributed by atoms with Crippen LogP contribution in [0.3, 0.4) is 0 Å². The highest BCUT2D eigenvalue weighted by Crippen LogP contribution is 2.21. The van der Waals surface area contributed by atoms with E-state index in [1.54, 1.807) is 36.4 Å². The fourth-order valence-corrected chi connectivity index (χ4v) is 4.31. The third kappa shape index (κ3) is 3.89. The van der Waals surface area contributed by atoms with E-state index in [1.165, 1.54) is 18.4 Å². The lowest BCUT2D eigenvalue weighted by Crippen LogP contribution is -2.35. The number of Topliss-reactive ketones (excluding diaryl/α,β-unsaturated/α-hetero) is 1. The van der Waals surface area contributed by atoms with E-state index in [4.69, 9.17) is 4.42 Å². The molecule has 0 unspecified atom stereocenters. The van der Waals surface area contributed by atoms with E-state index in [0.29, 0.717) is 11.3 Å². The normalized spacial score (nSPS) is 11.9. The summed E-state index contributed by atoms with van der Waals surface area (Å²) in [5.74, 6) is 0.227. The topological polar surface area (TPSA) is 72.5 Å². The number of sulfonamides is 1. The lowest BCUT2D eigenvalue weighted by Gasteiger charge is -2.20. The van der Waals surface area contributed by atoms with Crippen LogP contribution in [0.25, 0.3) is 0 Å². The van der Waals surface area contributed by atoms with E-state index < -0.39 is 10.0 Å². The van der Waals surface area contributed by atoms with Crippen molar-refractivity contribution in [2.75, 3.05) is 6.54 Å². The summed E-state index contributed by atoms with van der Waals surface area (Å²) in [6.45, 7) is 3.48. The minimum Gasteiger partial charge on any atom is -0.468 e. The molecule has 7 heteroatoms. The van der Waals surface area contributed by atoms with Gasteiger partial charge < -0.3 is 8.98 Å². The molecule has 1 aromatic carbocycles. The first-order valence-corrected chi connectivity index (χ1v) is 9.98. The average Bonchev–Trinajstić information content (AvgIpc) is 3.26. The predicted molar refractivity (Wildman–Crippen MR) is 102 cm³/mol. The standard InChI is InChI=1S/C20H22N2O4S/c1-15-12-19(16(2)21(15)3)20(23)14-22(13-17-8-7-11-26-17)27(24,25)18-9-5-4-6-10-18/h4-12H,13-14H2,1-3H3. The first-order valence-electron chi connectivity index (χ1n) is 8.54. The Morgan fingerprint density at radius 2 is 1.81 bits per heavy atom. The quantitative estimate of drug-likeness (QED) is 0.584. The number of hydrogen-bond donors (Lipinski definition) is 0. The molecule has 0 aliphatic carbocycles. The van der Waals surface area contributed by atoms with E-state index in [9.17, 15) is 13.2 Å². The van der Waals surface area contributed by atoms with Crippen molar-refractivity contribution >= 4 is 15.8 Å². The Kier molecular flexibility index (Phi) is 5.34. The number of hydrogen-bond acceptors (Lipinski definition) is 4. The maximum atomic E-state index is 13.1. The zero-order valence-electron chi connectivity index (χ0n) is 15.5. The summed E-state index contributed by atoms with van der Waals surface area (Å²) in [4.78, 5) is 13.0. The molecule has 0 saturated heterocycles. The number of ketones is 1. The van der Waals surface area contributed by atoms with Crippen LogP contribution >= 0.6 is 0 Å². The van der Waals surface area contributed by atoms with Gasteiger partial charge in [-0.25, -0.2) is 8.42 Å². The summed E-state index contributed by atoms with van der Waals surface area (Å²) in [7, 11) is -1.97. The van der Waals surface area contributed by atoms with Gasteiger partial charge in [-0.1, -0.05) is 18.2 Å². The van der Waals surface area contributed by atoms with Crippen LogP contribution in [0.2, 0.25) is 0 Å². The van der Waals surface area contributed by atoms with Gasteiger partial charge in [0, 0.05) is 24.0 Å². The molecule has 0 radical (unpaired) electrons. The maximum Gasteiger partial charge on any atom is 0.243 e. The molecule has 0 spiro atoms. The van der Waals surface area contributed by atoms with Crippen LogP contribution in [0.4, 0.5) is 0 Å². The van der Waals surface area contributed by atoms with Gasteiger partial charge in [-0.05, 0) is 44.2 Å². The van der Waals surface area contributed by atoms with Gasteiger partial charge in [-0.3, -0.25) is 4.79 Å². The van der Waals surface area contributed by atoms with Crippen molar-refractivity contribution in [1.29, 1.82) is 0 Å². The third-order valence-electron chi connectivity index (χ3n) is 4.69. The minimum atomic E-state index is -3.85. The summed E-state index contributed by atoms with van der Waals surface area (Å²) < 4.78 is 34.6. The van der Waals surface area contributed by atoms with Crippen molar-refractivity contribution < 1.29 is 17.6 Å².